The number of benzene rings is 2. The predicted molar refractivity (Wildman–Crippen MR) is 291 cm³/mol. The normalized spacial score (nSPS) is 18.5. The summed E-state index contributed by atoms with van der Waals surface area (Å²) in [5.74, 6) is 0.747. The second-order valence-electron chi connectivity index (χ2n) is 21.1. The number of nitrogens with zero attached hydrogens (tertiary/aromatic N) is 7. The molecule has 3 aliphatic rings. The van der Waals surface area contributed by atoms with Gasteiger partial charge < -0.3 is 40.3 Å². The van der Waals surface area contributed by atoms with E-state index < -0.39 is 23.6 Å². The number of piperazine rings is 1. The van der Waals surface area contributed by atoms with Crippen molar-refractivity contribution < 1.29 is 28.7 Å². The molecular formula is C57H72FN11O5S. The highest BCUT2D eigenvalue weighted by Crippen LogP contribution is 2.33. The van der Waals surface area contributed by atoms with E-state index >= 15 is 0 Å². The fourth-order valence-corrected chi connectivity index (χ4v) is 11.1. The Labute approximate surface area is 443 Å². The minimum Gasteiger partial charge on any atom is -0.391 e. The Hall–Kier alpha value is -6.79. The molecular weight excluding hydrogens is 970 g/mol. The van der Waals surface area contributed by atoms with E-state index in [1.165, 1.54) is 11.0 Å². The number of carbonyl (C=O) groups excluding carboxylic acids is 4. The van der Waals surface area contributed by atoms with E-state index in [4.69, 9.17) is 10.4 Å². The van der Waals surface area contributed by atoms with Crippen molar-refractivity contribution in [1.82, 2.24) is 45.3 Å². The molecule has 3 aliphatic heterocycles. The number of thiazole rings is 1. The molecule has 3 fully saturated rings. The van der Waals surface area contributed by atoms with Crippen LogP contribution in [-0.4, -0.2) is 127 Å². The lowest BCUT2D eigenvalue weighted by molar-refractivity contribution is -0.144. The number of carbonyl (C=O) groups is 4. The van der Waals surface area contributed by atoms with Gasteiger partial charge in [0.25, 0.3) is 0 Å². The maximum atomic E-state index is 14.1. The van der Waals surface area contributed by atoms with Crippen LogP contribution in [0.1, 0.15) is 120 Å². The van der Waals surface area contributed by atoms with E-state index in [2.05, 4.69) is 30.5 Å². The van der Waals surface area contributed by atoms with Crippen LogP contribution in [0.3, 0.4) is 0 Å². The van der Waals surface area contributed by atoms with Gasteiger partial charge in [0.2, 0.25) is 23.6 Å². The molecule has 4 amide bonds. The standard InChI is InChI=1S/C57H72FN11O5S/c1-38-53(75-37-62-38)40-23-21-39(22-24-40)34-61-55(73)47-33-43(70)36-69(47)56(74)54(57(2,3)4)65-51(71)19-9-7-5-6-8-10-20-52(72)67-30-28-66(29-31-67)50-18-12-16-44(64-50)45-35-60-49(63-45)26-25-48(59)68-27-13-17-46(68)41-14-11-15-42(58)32-41/h11-12,14-16,18,21-26,32,35,37,43,46-47,54,59,70H,5-10,13,17,19-20,27-31,33-34,36H2,1-4H3,(H,60,63)(H,61,73)(H,65,71)/b26-25-,59-48?/t43?,46-,47+,54-/m1/s1. The van der Waals surface area contributed by atoms with E-state index in [0.29, 0.717) is 50.7 Å². The van der Waals surface area contributed by atoms with Crippen LogP contribution >= 0.6 is 11.3 Å². The number of halogens is 1. The number of amidine groups is 1. The Kier molecular flexibility index (Phi) is 18.3. The number of aromatic nitrogens is 4. The van der Waals surface area contributed by atoms with Crippen LogP contribution in [-0.2, 0) is 25.7 Å². The van der Waals surface area contributed by atoms with E-state index in [1.807, 2.05) is 91.5 Å². The van der Waals surface area contributed by atoms with Gasteiger partial charge >= 0.3 is 0 Å². The van der Waals surface area contributed by atoms with Crippen molar-refractivity contribution in [2.45, 2.75) is 129 Å². The van der Waals surface area contributed by atoms with Crippen molar-refractivity contribution in [3.05, 3.63) is 113 Å². The first-order chi connectivity index (χ1) is 36.1. The Morgan fingerprint density at radius 3 is 2.37 bits per heavy atom. The molecule has 6 heterocycles. The maximum absolute atomic E-state index is 14.1. The molecule has 16 nitrogen and oxygen atoms in total. The lowest BCUT2D eigenvalue weighted by atomic mass is 9.85. The van der Waals surface area contributed by atoms with E-state index in [-0.39, 0.29) is 61.4 Å². The second kappa shape index (κ2) is 25.2. The van der Waals surface area contributed by atoms with Crippen LogP contribution in [0.25, 0.3) is 27.9 Å². The number of aliphatic hydroxyl groups excluding tert-OH is 1. The highest BCUT2D eigenvalue weighted by Gasteiger charge is 2.44. The first kappa shape index (κ1) is 54.5. The summed E-state index contributed by atoms with van der Waals surface area (Å²) in [4.78, 5) is 79.7. The molecule has 8 rings (SSSR count). The molecule has 0 aliphatic carbocycles. The molecule has 3 saturated heterocycles. The summed E-state index contributed by atoms with van der Waals surface area (Å²) in [7, 11) is 0. The lowest BCUT2D eigenvalue weighted by Crippen LogP contribution is -2.57. The minimum absolute atomic E-state index is 0.0192. The number of imidazole rings is 1. The molecule has 5 N–H and O–H groups in total. The molecule has 3 aromatic heterocycles. The average Bonchev–Trinajstić information content (AvgIpc) is 4.25. The van der Waals surface area contributed by atoms with Gasteiger partial charge in [-0.05, 0) is 91.1 Å². The zero-order valence-corrected chi connectivity index (χ0v) is 44.5. The molecule has 0 spiro atoms. The molecule has 5 aromatic rings. The zero-order chi connectivity index (χ0) is 53.1. The largest absolute Gasteiger partial charge is 0.391 e. The minimum atomic E-state index is -0.873. The van der Waals surface area contributed by atoms with Gasteiger partial charge in [-0.3, -0.25) is 24.6 Å². The number of aryl methyl sites for hydroxylation is 1. The molecule has 4 atom stereocenters. The quantitative estimate of drug-likeness (QED) is 0.0286. The molecule has 75 heavy (non-hydrogen) atoms. The highest BCUT2D eigenvalue weighted by molar-refractivity contribution is 7.13. The first-order valence-electron chi connectivity index (χ1n) is 26.5. The summed E-state index contributed by atoms with van der Waals surface area (Å²) in [6.07, 6.45) is 12.3. The van der Waals surface area contributed by atoms with Crippen molar-refractivity contribution in [1.29, 1.82) is 5.41 Å². The Morgan fingerprint density at radius 1 is 0.920 bits per heavy atom. The fourth-order valence-electron chi connectivity index (χ4n) is 10.3. The van der Waals surface area contributed by atoms with Crippen LogP contribution in [0.5, 0.6) is 0 Å². The summed E-state index contributed by atoms with van der Waals surface area (Å²) in [6, 6.07) is 18.7. The van der Waals surface area contributed by atoms with Gasteiger partial charge in [-0.1, -0.05) is 88.9 Å². The van der Waals surface area contributed by atoms with Gasteiger partial charge in [-0.15, -0.1) is 11.3 Å². The van der Waals surface area contributed by atoms with Crippen molar-refractivity contribution in [3.8, 4) is 21.8 Å². The zero-order valence-electron chi connectivity index (χ0n) is 43.7. The van der Waals surface area contributed by atoms with Crippen LogP contribution < -0.4 is 15.5 Å². The number of H-pyrrole nitrogens is 1. The summed E-state index contributed by atoms with van der Waals surface area (Å²) >= 11 is 1.58. The fraction of sp³-hybridized carbons (Fsp3) is 0.474. The summed E-state index contributed by atoms with van der Waals surface area (Å²) in [5.41, 5.74) is 6.51. The first-order valence-corrected chi connectivity index (χ1v) is 27.4. The van der Waals surface area contributed by atoms with Crippen LogP contribution in [0.4, 0.5) is 10.2 Å². The van der Waals surface area contributed by atoms with Gasteiger partial charge in [0.1, 0.15) is 35.4 Å². The van der Waals surface area contributed by atoms with Crippen LogP contribution in [0.2, 0.25) is 0 Å². The smallest absolute Gasteiger partial charge is 0.246 e. The number of rotatable bonds is 20. The average molecular weight is 1040 g/mol. The lowest BCUT2D eigenvalue weighted by Gasteiger charge is -2.35. The molecule has 1 unspecified atom stereocenters. The third-order valence-corrected chi connectivity index (χ3v) is 15.5. The van der Waals surface area contributed by atoms with E-state index in [9.17, 15) is 28.7 Å². The van der Waals surface area contributed by atoms with Crippen molar-refractivity contribution in [2.24, 2.45) is 5.41 Å². The Balaban J connectivity index is 0.703. The van der Waals surface area contributed by atoms with Gasteiger partial charge in [-0.2, -0.15) is 0 Å². The van der Waals surface area contributed by atoms with Crippen molar-refractivity contribution in [2.75, 3.05) is 44.2 Å². The van der Waals surface area contributed by atoms with Crippen LogP contribution in [0.15, 0.2) is 84.5 Å². The number of amides is 4. The molecule has 0 radical (unpaired) electrons. The molecule has 0 saturated carbocycles. The number of hydrogen-bond donors (Lipinski definition) is 5. The second-order valence-corrected chi connectivity index (χ2v) is 22.0. The number of pyridine rings is 1. The van der Waals surface area contributed by atoms with E-state index in [1.54, 1.807) is 41.8 Å². The number of hydrogen-bond acceptors (Lipinski definition) is 11. The van der Waals surface area contributed by atoms with Gasteiger partial charge in [0, 0.05) is 65.1 Å². The monoisotopic (exact) mass is 1040 g/mol. The summed E-state index contributed by atoms with van der Waals surface area (Å²) < 4.78 is 13.9. The number of nitrogens with one attached hydrogen (secondary N) is 4. The molecule has 18 heteroatoms. The molecule has 398 valence electrons. The maximum Gasteiger partial charge on any atom is 0.246 e. The third kappa shape index (κ3) is 14.3. The Bertz CT molecular complexity index is 2800. The molecule has 0 bridgehead atoms. The van der Waals surface area contributed by atoms with Gasteiger partial charge in [0.15, 0.2) is 0 Å². The Morgan fingerprint density at radius 2 is 1.65 bits per heavy atom. The SMILES string of the molecule is Cc1ncsc1-c1ccc(CNC(=O)[C@@H]2CC(O)CN2C(=O)[C@@H](NC(=O)CCCCCCCCC(=O)N2CCN(c3cccc(-c4cnc(/C=C\C(=N)N5CCC[C@@H]5c5cccc(F)c5)[nH]4)n3)CC2)C(C)(C)C)cc1. The topological polar surface area (TPSA) is 204 Å². The van der Waals surface area contributed by atoms with E-state index in [0.717, 1.165) is 96.0 Å². The predicted octanol–water partition coefficient (Wildman–Crippen LogP) is 8.45. The van der Waals surface area contributed by atoms with Crippen molar-refractivity contribution in [3.63, 3.8) is 0 Å². The van der Waals surface area contributed by atoms with Crippen molar-refractivity contribution >= 4 is 52.7 Å². The van der Waals surface area contributed by atoms with Gasteiger partial charge in [-0.25, -0.2) is 19.3 Å². The number of aliphatic hydroxyl groups is 1. The molecule has 2 aromatic carbocycles. The number of anilines is 1. The number of aromatic amines is 1. The van der Waals surface area contributed by atoms with Gasteiger partial charge in [0.05, 0.1) is 45.8 Å². The third-order valence-electron chi connectivity index (χ3n) is 14.5. The summed E-state index contributed by atoms with van der Waals surface area (Å²) in [6.45, 7) is 11.3. The highest BCUT2D eigenvalue weighted by atomic mass is 32.1. The van der Waals surface area contributed by atoms with Crippen LogP contribution in [0, 0.1) is 23.6 Å². The number of β-amino-alcohol motifs (C(OH)–C–C–N with tert-alkyl or cyclic N) is 1. The number of likely N-dealkylation sites (tertiary alicyclic amines) is 2. The summed E-state index contributed by atoms with van der Waals surface area (Å²) in [5, 5.41) is 25.3. The number of unbranched alkanes of at least 4 members (excludes halogenated alkanes) is 5.